The summed E-state index contributed by atoms with van der Waals surface area (Å²) in [5.74, 6) is -0.748. The number of carbonyl (C=O) groups excluding carboxylic acids is 1. The third-order valence-electron chi connectivity index (χ3n) is 3.35. The lowest BCUT2D eigenvalue weighted by molar-refractivity contribution is 0.0907. The van der Waals surface area contributed by atoms with E-state index in [-0.39, 0.29) is 23.5 Å². The van der Waals surface area contributed by atoms with Crippen molar-refractivity contribution in [1.82, 2.24) is 0 Å². The van der Waals surface area contributed by atoms with E-state index in [1.54, 1.807) is 6.07 Å². The Bertz CT molecular complexity index is 441. The number of halogens is 1. The molecule has 1 aromatic rings. The van der Waals surface area contributed by atoms with Gasteiger partial charge in [-0.1, -0.05) is 6.07 Å². The highest BCUT2D eigenvalue weighted by molar-refractivity contribution is 5.97. The lowest BCUT2D eigenvalue weighted by Gasteiger charge is -2.37. The maximum absolute atomic E-state index is 13.8. The Balaban J connectivity index is 2.19. The summed E-state index contributed by atoms with van der Waals surface area (Å²) >= 11 is 0. The average molecular weight is 237 g/mol. The summed E-state index contributed by atoms with van der Waals surface area (Å²) in [6, 6.07) is 4.58. The van der Waals surface area contributed by atoms with Crippen molar-refractivity contribution >= 4 is 5.78 Å². The van der Waals surface area contributed by atoms with Crippen molar-refractivity contribution in [2.75, 3.05) is 7.11 Å². The molecule has 0 aliphatic heterocycles. The summed E-state index contributed by atoms with van der Waals surface area (Å²) in [4.78, 5) is 12.0. The Morgan fingerprint density at radius 2 is 2.24 bits per heavy atom. The summed E-state index contributed by atoms with van der Waals surface area (Å²) < 4.78 is 18.7. The largest absolute Gasteiger partial charge is 0.494 e. The SMILES string of the molecule is COc1cccc(C(=O)CC2(N)CCC2)c1F. The van der Waals surface area contributed by atoms with Crippen LogP contribution in [0.2, 0.25) is 0 Å². The van der Waals surface area contributed by atoms with E-state index in [4.69, 9.17) is 10.5 Å². The van der Waals surface area contributed by atoms with Gasteiger partial charge in [-0.15, -0.1) is 0 Å². The van der Waals surface area contributed by atoms with Crippen molar-refractivity contribution in [3.05, 3.63) is 29.6 Å². The first-order chi connectivity index (χ1) is 8.06. The molecule has 92 valence electrons. The van der Waals surface area contributed by atoms with Crippen LogP contribution in [0.3, 0.4) is 0 Å². The van der Waals surface area contributed by atoms with Crippen LogP contribution in [0.25, 0.3) is 0 Å². The van der Waals surface area contributed by atoms with Gasteiger partial charge < -0.3 is 10.5 Å². The number of rotatable bonds is 4. The van der Waals surface area contributed by atoms with Crippen LogP contribution < -0.4 is 10.5 Å². The van der Waals surface area contributed by atoms with E-state index >= 15 is 0 Å². The van der Waals surface area contributed by atoms with Crippen molar-refractivity contribution in [2.45, 2.75) is 31.2 Å². The van der Waals surface area contributed by atoms with Crippen LogP contribution in [0.4, 0.5) is 4.39 Å². The second kappa shape index (κ2) is 4.45. The van der Waals surface area contributed by atoms with E-state index < -0.39 is 11.4 Å². The van der Waals surface area contributed by atoms with E-state index in [2.05, 4.69) is 0 Å². The van der Waals surface area contributed by atoms with E-state index in [0.29, 0.717) is 0 Å². The molecule has 0 unspecified atom stereocenters. The number of hydrogen-bond acceptors (Lipinski definition) is 3. The number of hydrogen-bond donors (Lipinski definition) is 1. The third-order valence-corrected chi connectivity index (χ3v) is 3.35. The molecule has 0 atom stereocenters. The molecule has 0 spiro atoms. The van der Waals surface area contributed by atoms with Gasteiger partial charge in [0.05, 0.1) is 12.7 Å². The molecule has 1 aliphatic carbocycles. The smallest absolute Gasteiger partial charge is 0.175 e. The average Bonchev–Trinajstić information content (AvgIpc) is 2.27. The van der Waals surface area contributed by atoms with Gasteiger partial charge in [-0.2, -0.15) is 0 Å². The Hall–Kier alpha value is -1.42. The standard InChI is InChI=1S/C13H16FNO2/c1-17-11-5-2-4-9(12(11)14)10(16)8-13(15)6-3-7-13/h2,4-5H,3,6-8,15H2,1H3. The van der Waals surface area contributed by atoms with Gasteiger partial charge in [-0.3, -0.25) is 4.79 Å². The highest BCUT2D eigenvalue weighted by Gasteiger charge is 2.35. The summed E-state index contributed by atoms with van der Waals surface area (Å²) in [6.45, 7) is 0. The third kappa shape index (κ3) is 2.31. The summed E-state index contributed by atoms with van der Waals surface area (Å²) in [6.07, 6.45) is 2.93. The molecule has 2 N–H and O–H groups in total. The molecule has 17 heavy (non-hydrogen) atoms. The second-order valence-corrected chi connectivity index (χ2v) is 4.64. The van der Waals surface area contributed by atoms with Crippen molar-refractivity contribution < 1.29 is 13.9 Å². The van der Waals surface area contributed by atoms with Gasteiger partial charge in [0.25, 0.3) is 0 Å². The maximum atomic E-state index is 13.8. The molecule has 3 nitrogen and oxygen atoms in total. The van der Waals surface area contributed by atoms with Crippen LogP contribution in [-0.4, -0.2) is 18.4 Å². The van der Waals surface area contributed by atoms with Crippen LogP contribution in [0, 0.1) is 5.82 Å². The maximum Gasteiger partial charge on any atom is 0.175 e. The zero-order valence-corrected chi connectivity index (χ0v) is 9.83. The molecule has 1 aromatic carbocycles. The van der Waals surface area contributed by atoms with Gasteiger partial charge >= 0.3 is 0 Å². The minimum atomic E-state index is -0.595. The van der Waals surface area contributed by atoms with Gasteiger partial charge in [-0.05, 0) is 31.4 Å². The van der Waals surface area contributed by atoms with Crippen molar-refractivity contribution in [3.8, 4) is 5.75 Å². The minimum absolute atomic E-state index is 0.0704. The molecule has 2 rings (SSSR count). The Kier molecular flexibility index (Phi) is 3.15. The summed E-state index contributed by atoms with van der Waals surface area (Å²) in [5, 5.41) is 0. The first-order valence-electron chi connectivity index (χ1n) is 5.70. The summed E-state index contributed by atoms with van der Waals surface area (Å²) in [7, 11) is 1.38. The number of carbonyl (C=O) groups is 1. The van der Waals surface area contributed by atoms with Crippen molar-refractivity contribution in [1.29, 1.82) is 0 Å². The molecule has 1 saturated carbocycles. The first kappa shape index (κ1) is 12.0. The zero-order valence-electron chi connectivity index (χ0n) is 9.83. The monoisotopic (exact) mass is 237 g/mol. The molecular weight excluding hydrogens is 221 g/mol. The first-order valence-corrected chi connectivity index (χ1v) is 5.70. The Labute approximate surface area is 99.8 Å². The number of methoxy groups -OCH3 is 1. The fourth-order valence-corrected chi connectivity index (χ4v) is 2.11. The fraction of sp³-hybridized carbons (Fsp3) is 0.462. The molecule has 4 heteroatoms. The summed E-state index contributed by atoms with van der Waals surface area (Å²) in [5.41, 5.74) is 5.63. The van der Waals surface area contributed by atoms with E-state index in [1.807, 2.05) is 0 Å². The minimum Gasteiger partial charge on any atom is -0.494 e. The van der Waals surface area contributed by atoms with E-state index in [0.717, 1.165) is 19.3 Å². The molecule has 0 bridgehead atoms. The number of ketones is 1. The molecule has 0 heterocycles. The highest BCUT2D eigenvalue weighted by Crippen LogP contribution is 2.34. The molecule has 0 saturated heterocycles. The number of benzene rings is 1. The van der Waals surface area contributed by atoms with Crippen LogP contribution >= 0.6 is 0 Å². The van der Waals surface area contributed by atoms with E-state index in [1.165, 1.54) is 19.2 Å². The van der Waals surface area contributed by atoms with Crippen LogP contribution in [-0.2, 0) is 0 Å². The van der Waals surface area contributed by atoms with Crippen molar-refractivity contribution in [2.24, 2.45) is 5.73 Å². The number of Topliss-reactive ketones (excluding diaryl/α,β-unsaturated/α-hetero) is 1. The molecule has 1 fully saturated rings. The Morgan fingerprint density at radius 3 is 2.76 bits per heavy atom. The quantitative estimate of drug-likeness (QED) is 0.817. The van der Waals surface area contributed by atoms with Crippen LogP contribution in [0.1, 0.15) is 36.0 Å². The topological polar surface area (TPSA) is 52.3 Å². The van der Waals surface area contributed by atoms with Gasteiger partial charge in [0, 0.05) is 12.0 Å². The molecule has 1 aliphatic rings. The number of nitrogens with two attached hydrogens (primary N) is 1. The Morgan fingerprint density at radius 1 is 1.53 bits per heavy atom. The predicted octanol–water partition coefficient (Wildman–Crippen LogP) is 2.29. The van der Waals surface area contributed by atoms with Crippen LogP contribution in [0.15, 0.2) is 18.2 Å². The predicted molar refractivity (Wildman–Crippen MR) is 62.7 cm³/mol. The molecule has 0 amide bonds. The van der Waals surface area contributed by atoms with Gasteiger partial charge in [0.15, 0.2) is 17.3 Å². The van der Waals surface area contributed by atoms with E-state index in [9.17, 15) is 9.18 Å². The van der Waals surface area contributed by atoms with Gasteiger partial charge in [-0.25, -0.2) is 4.39 Å². The second-order valence-electron chi connectivity index (χ2n) is 4.64. The fourth-order valence-electron chi connectivity index (χ4n) is 2.11. The lowest BCUT2D eigenvalue weighted by Crippen LogP contribution is -2.48. The van der Waals surface area contributed by atoms with Gasteiger partial charge in [0.1, 0.15) is 0 Å². The number of ether oxygens (including phenoxy) is 1. The highest BCUT2D eigenvalue weighted by atomic mass is 19.1. The molecular formula is C13H16FNO2. The molecule has 0 aromatic heterocycles. The van der Waals surface area contributed by atoms with Crippen LogP contribution in [0.5, 0.6) is 5.75 Å². The normalized spacial score (nSPS) is 17.4. The van der Waals surface area contributed by atoms with Gasteiger partial charge in [0.2, 0.25) is 0 Å². The lowest BCUT2D eigenvalue weighted by atomic mass is 9.74. The van der Waals surface area contributed by atoms with Crippen molar-refractivity contribution in [3.63, 3.8) is 0 Å². The molecule has 0 radical (unpaired) electrons. The zero-order chi connectivity index (χ0) is 12.5.